The first-order valence-electron chi connectivity index (χ1n) is 12.4. The van der Waals surface area contributed by atoms with Crippen molar-refractivity contribution in [3.63, 3.8) is 0 Å². The van der Waals surface area contributed by atoms with Crippen LogP contribution in [-0.2, 0) is 26.6 Å². The van der Waals surface area contributed by atoms with Crippen LogP contribution in [0.5, 0.6) is 5.75 Å². The van der Waals surface area contributed by atoms with Crippen LogP contribution in [0.15, 0.2) is 67.4 Å². The molecular weight excluding hydrogens is 543 g/mol. The maximum atomic E-state index is 11.9. The highest BCUT2D eigenvalue weighted by atomic mass is 35.5. The summed E-state index contributed by atoms with van der Waals surface area (Å²) in [7, 11) is 0. The van der Waals surface area contributed by atoms with Crippen LogP contribution in [0.1, 0.15) is 25.3 Å². The number of anilines is 1. The molecule has 2 atom stereocenters. The molecule has 0 aliphatic carbocycles. The standard InChI is InChI=1S/C27H26Cl2N6O4/c1-2-3-25(36)34-26-31-11-10-24(33-26)18-4-7-20(8-5-18)37-13-21-14-38-27(39-21,15-35-17-30-16-32-35)22-9-6-19(28)12-23(22)29/h4-12,16-17,21H,2-3,13-15H2,1H3,(H,31,33,34,36)/t21-,27-/m1/s1. The summed E-state index contributed by atoms with van der Waals surface area (Å²) in [6, 6.07) is 14.4. The molecule has 0 unspecified atom stereocenters. The van der Waals surface area contributed by atoms with Crippen LogP contribution in [-0.4, -0.2) is 50.0 Å². The summed E-state index contributed by atoms with van der Waals surface area (Å²) in [5.74, 6) is -0.351. The Hall–Kier alpha value is -3.57. The highest BCUT2D eigenvalue weighted by molar-refractivity contribution is 6.35. The molecule has 5 rings (SSSR count). The molecule has 12 heteroatoms. The SMILES string of the molecule is CCCC(=O)Nc1nccc(-c2ccc(OC[C@@H]3CO[C@@](Cn4cncn4)(c4ccc(Cl)cc4Cl)O3)cc2)n1. The predicted octanol–water partition coefficient (Wildman–Crippen LogP) is 5.13. The lowest BCUT2D eigenvalue weighted by molar-refractivity contribution is -0.190. The first kappa shape index (κ1) is 27.0. The van der Waals surface area contributed by atoms with Crippen molar-refractivity contribution in [3.05, 3.63) is 83.0 Å². The van der Waals surface area contributed by atoms with Gasteiger partial charge in [-0.1, -0.05) is 36.2 Å². The zero-order valence-corrected chi connectivity index (χ0v) is 22.6. The molecule has 10 nitrogen and oxygen atoms in total. The van der Waals surface area contributed by atoms with E-state index >= 15 is 0 Å². The number of halogens is 2. The number of benzene rings is 2. The lowest BCUT2D eigenvalue weighted by atomic mass is 10.1. The van der Waals surface area contributed by atoms with E-state index in [-0.39, 0.29) is 31.1 Å². The van der Waals surface area contributed by atoms with E-state index in [9.17, 15) is 4.79 Å². The van der Waals surface area contributed by atoms with Gasteiger partial charge in [-0.25, -0.2) is 19.6 Å². The largest absolute Gasteiger partial charge is 0.491 e. The summed E-state index contributed by atoms with van der Waals surface area (Å²) in [5.41, 5.74) is 2.19. The molecule has 2 aromatic carbocycles. The summed E-state index contributed by atoms with van der Waals surface area (Å²) in [5, 5.41) is 7.85. The number of nitrogens with zero attached hydrogens (tertiary/aromatic N) is 5. The van der Waals surface area contributed by atoms with E-state index in [0.29, 0.717) is 40.1 Å². The van der Waals surface area contributed by atoms with Crippen LogP contribution >= 0.6 is 23.2 Å². The average Bonchev–Trinajstić information content (AvgIpc) is 3.59. The van der Waals surface area contributed by atoms with Gasteiger partial charge in [-0.3, -0.25) is 10.1 Å². The van der Waals surface area contributed by atoms with Gasteiger partial charge in [-0.05, 0) is 48.9 Å². The molecule has 39 heavy (non-hydrogen) atoms. The summed E-state index contributed by atoms with van der Waals surface area (Å²) in [6.45, 7) is 2.74. The maximum Gasteiger partial charge on any atom is 0.229 e. The smallest absolute Gasteiger partial charge is 0.229 e. The molecule has 202 valence electrons. The number of carbonyl (C=O) groups is 1. The summed E-state index contributed by atoms with van der Waals surface area (Å²) >= 11 is 12.6. The number of hydrogen-bond acceptors (Lipinski definition) is 8. The Morgan fingerprint density at radius 1 is 1.21 bits per heavy atom. The fourth-order valence-corrected chi connectivity index (χ4v) is 4.74. The van der Waals surface area contributed by atoms with Crippen LogP contribution in [0.25, 0.3) is 11.3 Å². The number of hydrogen-bond donors (Lipinski definition) is 1. The van der Waals surface area contributed by atoms with Crippen LogP contribution in [0.4, 0.5) is 5.95 Å². The Kier molecular flexibility index (Phi) is 8.37. The van der Waals surface area contributed by atoms with Crippen molar-refractivity contribution in [1.82, 2.24) is 24.7 Å². The van der Waals surface area contributed by atoms with E-state index in [2.05, 4.69) is 25.4 Å². The first-order chi connectivity index (χ1) is 18.9. The molecule has 0 radical (unpaired) electrons. The first-order valence-corrected chi connectivity index (χ1v) is 13.2. The molecule has 1 N–H and O–H groups in total. The second-order valence-corrected chi connectivity index (χ2v) is 9.76. The van der Waals surface area contributed by atoms with Crippen molar-refractivity contribution in [2.75, 3.05) is 18.5 Å². The maximum absolute atomic E-state index is 11.9. The third-order valence-electron chi connectivity index (χ3n) is 6.01. The van der Waals surface area contributed by atoms with E-state index in [0.717, 1.165) is 12.0 Å². The summed E-state index contributed by atoms with van der Waals surface area (Å²) in [6.07, 6.45) is 5.46. The van der Waals surface area contributed by atoms with Gasteiger partial charge in [-0.2, -0.15) is 5.10 Å². The van der Waals surface area contributed by atoms with Crippen molar-refractivity contribution in [3.8, 4) is 17.0 Å². The van der Waals surface area contributed by atoms with Gasteiger partial charge in [-0.15, -0.1) is 0 Å². The van der Waals surface area contributed by atoms with Gasteiger partial charge < -0.3 is 14.2 Å². The zero-order chi connectivity index (χ0) is 27.2. The topological polar surface area (TPSA) is 113 Å². The van der Waals surface area contributed by atoms with Crippen molar-refractivity contribution in [2.24, 2.45) is 0 Å². The molecule has 0 saturated carbocycles. The second-order valence-electron chi connectivity index (χ2n) is 8.92. The number of aromatic nitrogens is 5. The van der Waals surface area contributed by atoms with Crippen molar-refractivity contribution < 1.29 is 19.0 Å². The Balaban J connectivity index is 1.24. The number of carbonyl (C=O) groups excluding carboxylic acids is 1. The molecular formula is C27H26Cl2N6O4. The minimum Gasteiger partial charge on any atom is -0.491 e. The summed E-state index contributed by atoms with van der Waals surface area (Å²) < 4.78 is 20.2. The van der Waals surface area contributed by atoms with Crippen LogP contribution in [0.2, 0.25) is 10.0 Å². The molecule has 2 aromatic heterocycles. The van der Waals surface area contributed by atoms with Gasteiger partial charge >= 0.3 is 0 Å². The Morgan fingerprint density at radius 3 is 2.79 bits per heavy atom. The Bertz CT molecular complexity index is 1420. The van der Waals surface area contributed by atoms with Crippen molar-refractivity contribution >= 4 is 35.1 Å². The van der Waals surface area contributed by atoms with Gasteiger partial charge in [0.1, 0.15) is 37.7 Å². The number of ether oxygens (including phenoxy) is 3. The minimum atomic E-state index is -1.18. The molecule has 1 aliphatic rings. The fourth-order valence-electron chi connectivity index (χ4n) is 4.19. The van der Waals surface area contributed by atoms with E-state index in [1.54, 1.807) is 41.5 Å². The molecule has 0 bridgehead atoms. The third-order valence-corrected chi connectivity index (χ3v) is 6.56. The van der Waals surface area contributed by atoms with E-state index < -0.39 is 5.79 Å². The predicted molar refractivity (Wildman–Crippen MR) is 145 cm³/mol. The fraction of sp³-hybridized carbons (Fsp3) is 0.296. The number of rotatable bonds is 10. The highest BCUT2D eigenvalue weighted by Crippen LogP contribution is 2.40. The lowest BCUT2D eigenvalue weighted by Crippen LogP contribution is -2.35. The average molecular weight is 569 g/mol. The molecule has 1 saturated heterocycles. The monoisotopic (exact) mass is 568 g/mol. The van der Waals surface area contributed by atoms with E-state index in [1.807, 2.05) is 31.2 Å². The molecule has 1 amide bonds. The summed E-state index contributed by atoms with van der Waals surface area (Å²) in [4.78, 5) is 24.4. The molecule has 1 aliphatic heterocycles. The second kappa shape index (κ2) is 12.1. The van der Waals surface area contributed by atoms with E-state index in [4.69, 9.17) is 37.4 Å². The third kappa shape index (κ3) is 6.54. The Morgan fingerprint density at radius 2 is 2.05 bits per heavy atom. The Labute approximate surface area is 235 Å². The normalized spacial score (nSPS) is 18.7. The zero-order valence-electron chi connectivity index (χ0n) is 21.1. The highest BCUT2D eigenvalue weighted by Gasteiger charge is 2.45. The molecule has 1 fully saturated rings. The van der Waals surface area contributed by atoms with Crippen LogP contribution in [0.3, 0.4) is 0 Å². The van der Waals surface area contributed by atoms with Gasteiger partial charge in [0.25, 0.3) is 0 Å². The quantitative estimate of drug-likeness (QED) is 0.280. The van der Waals surface area contributed by atoms with Gasteiger partial charge in [0.2, 0.25) is 17.6 Å². The number of amides is 1. The van der Waals surface area contributed by atoms with Crippen LogP contribution in [0, 0.1) is 0 Å². The molecule has 0 spiro atoms. The molecule has 3 heterocycles. The van der Waals surface area contributed by atoms with Gasteiger partial charge in [0.05, 0.1) is 17.3 Å². The minimum absolute atomic E-state index is 0.111. The van der Waals surface area contributed by atoms with E-state index in [1.165, 1.54) is 6.33 Å². The van der Waals surface area contributed by atoms with Gasteiger partial charge in [0.15, 0.2) is 0 Å². The van der Waals surface area contributed by atoms with Crippen molar-refractivity contribution in [1.29, 1.82) is 0 Å². The molecule has 4 aromatic rings. The van der Waals surface area contributed by atoms with Crippen LogP contribution < -0.4 is 10.1 Å². The lowest BCUT2D eigenvalue weighted by Gasteiger charge is -2.29. The van der Waals surface area contributed by atoms with Crippen molar-refractivity contribution in [2.45, 2.75) is 38.2 Å². The van der Waals surface area contributed by atoms with Gasteiger partial charge in [0, 0.05) is 28.8 Å². The number of nitrogens with one attached hydrogen (secondary N) is 1.